The molecule has 1 aromatic heterocycles. The van der Waals surface area contributed by atoms with E-state index in [0.717, 1.165) is 22.6 Å². The lowest BCUT2D eigenvalue weighted by Crippen LogP contribution is -2.33. The predicted octanol–water partition coefficient (Wildman–Crippen LogP) is 2.66. The lowest BCUT2D eigenvalue weighted by atomic mass is 10.2. The second-order valence-electron chi connectivity index (χ2n) is 5.01. The molecule has 20 heavy (non-hydrogen) atoms. The number of para-hydroxylation sites is 1. The summed E-state index contributed by atoms with van der Waals surface area (Å²) in [6.45, 7) is 6.32. The highest BCUT2D eigenvalue weighted by molar-refractivity contribution is 5.72. The van der Waals surface area contributed by atoms with Gasteiger partial charge in [0.15, 0.2) is 0 Å². The first-order valence-electron chi connectivity index (χ1n) is 6.70. The van der Waals surface area contributed by atoms with Crippen LogP contribution in [0.3, 0.4) is 0 Å². The van der Waals surface area contributed by atoms with E-state index in [9.17, 15) is 4.79 Å². The highest BCUT2D eigenvalue weighted by Gasteiger charge is 2.13. The van der Waals surface area contributed by atoms with Crippen LogP contribution in [0.5, 0.6) is 0 Å². The summed E-state index contributed by atoms with van der Waals surface area (Å²) in [4.78, 5) is 10.8. The Balaban J connectivity index is 2.24. The summed E-state index contributed by atoms with van der Waals surface area (Å²) in [5.74, 6) is -0.832. The maximum absolute atomic E-state index is 10.8. The van der Waals surface area contributed by atoms with E-state index in [1.165, 1.54) is 0 Å². The van der Waals surface area contributed by atoms with E-state index in [2.05, 4.69) is 41.9 Å². The third-order valence-corrected chi connectivity index (χ3v) is 3.52. The van der Waals surface area contributed by atoms with Crippen molar-refractivity contribution in [3.8, 4) is 5.69 Å². The SMILES string of the molecule is Cc1cc(CNC(C)C(=O)O)c(C)n1-c1ccccc1. The van der Waals surface area contributed by atoms with E-state index < -0.39 is 12.0 Å². The topological polar surface area (TPSA) is 54.3 Å². The maximum Gasteiger partial charge on any atom is 0.320 e. The number of aryl methyl sites for hydroxylation is 1. The van der Waals surface area contributed by atoms with Crippen molar-refractivity contribution >= 4 is 5.97 Å². The summed E-state index contributed by atoms with van der Waals surface area (Å²) in [6, 6.07) is 11.7. The first kappa shape index (κ1) is 14.3. The molecule has 1 aromatic carbocycles. The Morgan fingerprint density at radius 1 is 1.30 bits per heavy atom. The molecule has 0 aliphatic carbocycles. The monoisotopic (exact) mass is 272 g/mol. The number of hydrogen-bond donors (Lipinski definition) is 2. The van der Waals surface area contributed by atoms with Crippen molar-refractivity contribution in [3.05, 3.63) is 53.3 Å². The molecule has 0 aliphatic heterocycles. The van der Waals surface area contributed by atoms with Crippen molar-refractivity contribution in [1.82, 2.24) is 9.88 Å². The highest BCUT2D eigenvalue weighted by Crippen LogP contribution is 2.20. The summed E-state index contributed by atoms with van der Waals surface area (Å²) in [5, 5.41) is 11.9. The van der Waals surface area contributed by atoms with Crippen molar-refractivity contribution in [2.24, 2.45) is 0 Å². The zero-order valence-electron chi connectivity index (χ0n) is 12.1. The number of nitrogens with zero attached hydrogens (tertiary/aromatic N) is 1. The van der Waals surface area contributed by atoms with Crippen molar-refractivity contribution in [2.45, 2.75) is 33.4 Å². The van der Waals surface area contributed by atoms with E-state index in [0.29, 0.717) is 6.54 Å². The summed E-state index contributed by atoms with van der Waals surface area (Å²) in [7, 11) is 0. The molecule has 106 valence electrons. The molecule has 4 nitrogen and oxygen atoms in total. The molecule has 0 fully saturated rings. The molecule has 2 rings (SSSR count). The molecule has 4 heteroatoms. The van der Waals surface area contributed by atoms with Gasteiger partial charge in [0.2, 0.25) is 0 Å². The normalized spacial score (nSPS) is 12.3. The molecule has 0 saturated carbocycles. The van der Waals surface area contributed by atoms with Crippen LogP contribution in [0.25, 0.3) is 5.69 Å². The van der Waals surface area contributed by atoms with E-state index >= 15 is 0 Å². The third-order valence-electron chi connectivity index (χ3n) is 3.52. The van der Waals surface area contributed by atoms with Gasteiger partial charge in [0.1, 0.15) is 6.04 Å². The summed E-state index contributed by atoms with van der Waals surface area (Å²) in [5.41, 5.74) is 4.53. The zero-order chi connectivity index (χ0) is 14.7. The fourth-order valence-corrected chi connectivity index (χ4v) is 2.33. The minimum Gasteiger partial charge on any atom is -0.480 e. The van der Waals surface area contributed by atoms with Crippen molar-refractivity contribution < 1.29 is 9.90 Å². The van der Waals surface area contributed by atoms with Gasteiger partial charge in [-0.05, 0) is 44.5 Å². The number of carbonyl (C=O) groups is 1. The fourth-order valence-electron chi connectivity index (χ4n) is 2.33. The van der Waals surface area contributed by atoms with E-state index in [4.69, 9.17) is 5.11 Å². The lowest BCUT2D eigenvalue weighted by molar-refractivity contribution is -0.139. The van der Waals surface area contributed by atoms with Gasteiger partial charge in [-0.15, -0.1) is 0 Å². The second kappa shape index (κ2) is 5.92. The second-order valence-corrected chi connectivity index (χ2v) is 5.01. The van der Waals surface area contributed by atoms with Crippen LogP contribution < -0.4 is 5.32 Å². The molecule has 0 aliphatic rings. The van der Waals surface area contributed by atoms with Gasteiger partial charge in [-0.1, -0.05) is 18.2 Å². The smallest absolute Gasteiger partial charge is 0.320 e. The van der Waals surface area contributed by atoms with E-state index in [1.54, 1.807) is 6.92 Å². The van der Waals surface area contributed by atoms with Crippen LogP contribution in [-0.4, -0.2) is 21.7 Å². The van der Waals surface area contributed by atoms with E-state index in [-0.39, 0.29) is 0 Å². The van der Waals surface area contributed by atoms with Gasteiger partial charge < -0.3 is 15.0 Å². The van der Waals surface area contributed by atoms with Gasteiger partial charge in [0.05, 0.1) is 0 Å². The Bertz CT molecular complexity index is 602. The Hall–Kier alpha value is -2.07. The number of carboxylic acid groups (broad SMARTS) is 1. The Morgan fingerprint density at radius 3 is 2.55 bits per heavy atom. The van der Waals surface area contributed by atoms with E-state index in [1.807, 2.05) is 18.2 Å². The Morgan fingerprint density at radius 2 is 1.95 bits per heavy atom. The fraction of sp³-hybridized carbons (Fsp3) is 0.312. The highest BCUT2D eigenvalue weighted by atomic mass is 16.4. The minimum absolute atomic E-state index is 0.546. The van der Waals surface area contributed by atoms with Crippen LogP contribution in [-0.2, 0) is 11.3 Å². The molecule has 0 amide bonds. The average Bonchev–Trinajstić information content (AvgIpc) is 2.71. The summed E-state index contributed by atoms with van der Waals surface area (Å²) in [6.07, 6.45) is 0. The molecule has 1 atom stereocenters. The number of aromatic nitrogens is 1. The quantitative estimate of drug-likeness (QED) is 0.880. The molecule has 0 spiro atoms. The largest absolute Gasteiger partial charge is 0.480 e. The number of rotatable bonds is 5. The molecule has 2 N–H and O–H groups in total. The summed E-state index contributed by atoms with van der Waals surface area (Å²) < 4.78 is 2.18. The molecule has 0 bridgehead atoms. The standard InChI is InChI=1S/C16H20N2O2/c1-11-9-14(10-17-12(2)16(19)20)13(3)18(11)15-7-5-4-6-8-15/h4-9,12,17H,10H2,1-3H3,(H,19,20). The molecule has 2 aromatic rings. The van der Waals surface area contributed by atoms with Crippen LogP contribution in [0.4, 0.5) is 0 Å². The summed E-state index contributed by atoms with van der Waals surface area (Å²) >= 11 is 0. The number of hydrogen-bond acceptors (Lipinski definition) is 2. The van der Waals surface area contributed by atoms with Crippen LogP contribution in [0.15, 0.2) is 36.4 Å². The van der Waals surface area contributed by atoms with Crippen LogP contribution in [0, 0.1) is 13.8 Å². The van der Waals surface area contributed by atoms with Crippen molar-refractivity contribution in [3.63, 3.8) is 0 Å². The third kappa shape index (κ3) is 2.91. The van der Waals surface area contributed by atoms with Gasteiger partial charge >= 0.3 is 5.97 Å². The van der Waals surface area contributed by atoms with Crippen molar-refractivity contribution in [2.75, 3.05) is 0 Å². The molecular formula is C16H20N2O2. The number of nitrogens with one attached hydrogen (secondary N) is 1. The van der Waals surface area contributed by atoms with Gasteiger partial charge in [-0.25, -0.2) is 0 Å². The van der Waals surface area contributed by atoms with Crippen molar-refractivity contribution in [1.29, 1.82) is 0 Å². The van der Waals surface area contributed by atoms with Crippen LogP contribution >= 0.6 is 0 Å². The predicted molar refractivity (Wildman–Crippen MR) is 79.2 cm³/mol. The Labute approximate surface area is 119 Å². The first-order valence-corrected chi connectivity index (χ1v) is 6.70. The molecule has 0 radical (unpaired) electrons. The van der Waals surface area contributed by atoms with Crippen LogP contribution in [0.1, 0.15) is 23.9 Å². The van der Waals surface area contributed by atoms with Crippen LogP contribution in [0.2, 0.25) is 0 Å². The number of aliphatic carboxylic acids is 1. The number of benzene rings is 1. The molecule has 1 unspecified atom stereocenters. The molecular weight excluding hydrogens is 252 g/mol. The number of carboxylic acids is 1. The van der Waals surface area contributed by atoms with Gasteiger partial charge in [-0.2, -0.15) is 0 Å². The van der Waals surface area contributed by atoms with Gasteiger partial charge in [-0.3, -0.25) is 4.79 Å². The maximum atomic E-state index is 10.8. The molecule has 0 saturated heterocycles. The zero-order valence-corrected chi connectivity index (χ0v) is 12.1. The molecule has 1 heterocycles. The minimum atomic E-state index is -0.832. The van der Waals surface area contributed by atoms with Gasteiger partial charge in [0.25, 0.3) is 0 Å². The lowest BCUT2D eigenvalue weighted by Gasteiger charge is -2.11. The van der Waals surface area contributed by atoms with Gasteiger partial charge in [0, 0.05) is 23.6 Å². The Kier molecular flexibility index (Phi) is 4.25. The first-order chi connectivity index (χ1) is 9.50. The average molecular weight is 272 g/mol.